The monoisotopic (exact) mass is 295 g/mol. The molecule has 3 aromatic rings. The van der Waals surface area contributed by atoms with Gasteiger partial charge in [0.25, 0.3) is 5.19 Å². The van der Waals surface area contributed by atoms with Crippen LogP contribution in [0.25, 0.3) is 5.69 Å². The van der Waals surface area contributed by atoms with Gasteiger partial charge in [0.1, 0.15) is 18.0 Å². The third-order valence-electron chi connectivity index (χ3n) is 2.69. The first-order valence-electron chi connectivity index (χ1n) is 6.11. The van der Waals surface area contributed by atoms with Crippen LogP contribution < -0.4 is 10.4 Å². The Morgan fingerprint density at radius 1 is 1.40 bits per heavy atom. The molecule has 0 aromatic carbocycles. The summed E-state index contributed by atoms with van der Waals surface area (Å²) < 4.78 is 16.7. The fourth-order valence-electron chi connectivity index (χ4n) is 1.64. The summed E-state index contributed by atoms with van der Waals surface area (Å²) in [5, 5.41) is 13.5. The van der Waals surface area contributed by atoms with Crippen molar-refractivity contribution in [1.29, 1.82) is 0 Å². The van der Waals surface area contributed by atoms with Gasteiger partial charge in [-0.1, -0.05) is 11.3 Å². The maximum absolute atomic E-state index is 11.9. The summed E-state index contributed by atoms with van der Waals surface area (Å²) >= 11 is 1.24. The highest BCUT2D eigenvalue weighted by Gasteiger charge is 2.16. The molecule has 10 heteroatoms. The van der Waals surface area contributed by atoms with Gasteiger partial charge in [-0.2, -0.15) is 14.5 Å². The quantitative estimate of drug-likeness (QED) is 0.658. The van der Waals surface area contributed by atoms with Gasteiger partial charge in [0.15, 0.2) is 0 Å². The summed E-state index contributed by atoms with van der Waals surface area (Å²) in [6, 6.07) is 0. The lowest BCUT2D eigenvalue weighted by atomic mass is 10.4. The highest BCUT2D eigenvalue weighted by molar-refractivity contribution is 7.11. The van der Waals surface area contributed by atoms with E-state index < -0.39 is 0 Å². The van der Waals surface area contributed by atoms with Crippen LogP contribution in [-0.2, 0) is 20.7 Å². The maximum Gasteiger partial charge on any atom is 0.368 e. The molecule has 0 spiro atoms. The minimum absolute atomic E-state index is 0.155. The van der Waals surface area contributed by atoms with E-state index in [4.69, 9.17) is 6.11 Å². The zero-order chi connectivity index (χ0) is 15.0. The normalized spacial score (nSPS) is 11.6. The number of ether oxygens (including phenoxy) is 1. The van der Waals surface area contributed by atoms with Gasteiger partial charge in [-0.3, -0.25) is 4.68 Å². The Kier molecular flexibility index (Phi) is 2.77. The first-order chi connectivity index (χ1) is 10.1. The molecule has 0 aliphatic rings. The summed E-state index contributed by atoms with van der Waals surface area (Å²) in [7, 11) is 3.26. The molecule has 0 amide bonds. The van der Waals surface area contributed by atoms with E-state index in [0.717, 1.165) is 9.36 Å². The first kappa shape index (κ1) is 11.3. The van der Waals surface area contributed by atoms with Crippen molar-refractivity contribution in [2.45, 2.75) is 6.61 Å². The number of nitrogens with zero attached hydrogens (tertiary/aromatic N) is 7. The second kappa shape index (κ2) is 4.89. The van der Waals surface area contributed by atoms with E-state index >= 15 is 0 Å². The molecule has 0 radical (unpaired) electrons. The molecule has 9 nitrogen and oxygen atoms in total. The molecule has 20 heavy (non-hydrogen) atoms. The SMILES string of the molecule is [3H]c1csc(OCc2c(-n3nnn(C)c3=O)cnn2C)n1. The Bertz CT molecular complexity index is 833. The Balaban J connectivity index is 1.90. The van der Waals surface area contributed by atoms with Crippen molar-refractivity contribution in [1.82, 2.24) is 34.6 Å². The number of aromatic nitrogens is 7. The Morgan fingerprint density at radius 2 is 2.25 bits per heavy atom. The van der Waals surface area contributed by atoms with Crippen LogP contribution in [-0.4, -0.2) is 34.6 Å². The average Bonchev–Trinajstić information content (AvgIpc) is 3.11. The molecule has 0 aliphatic carbocycles. The smallest absolute Gasteiger partial charge is 0.368 e. The first-order valence-corrected chi connectivity index (χ1v) is 6.49. The van der Waals surface area contributed by atoms with Crippen molar-refractivity contribution < 1.29 is 6.11 Å². The van der Waals surface area contributed by atoms with E-state index in [2.05, 4.69) is 20.5 Å². The second-order valence-corrected chi connectivity index (χ2v) is 4.75. The molecule has 0 unspecified atom stereocenters. The number of thiazole rings is 1. The lowest BCUT2D eigenvalue weighted by molar-refractivity contribution is 0.292. The van der Waals surface area contributed by atoms with Crippen LogP contribution in [0.5, 0.6) is 5.19 Å². The van der Waals surface area contributed by atoms with Crippen LogP contribution in [0.15, 0.2) is 22.5 Å². The summed E-state index contributed by atoms with van der Waals surface area (Å²) in [5.74, 6) is 0. The Hall–Kier alpha value is -2.49. The third kappa shape index (κ3) is 2.09. The highest BCUT2D eigenvalue weighted by atomic mass is 32.1. The fourth-order valence-corrected chi connectivity index (χ4v) is 2.08. The largest absolute Gasteiger partial charge is 0.463 e. The number of tetrazole rings is 1. The van der Waals surface area contributed by atoms with Crippen LogP contribution in [0.1, 0.15) is 7.06 Å². The summed E-state index contributed by atoms with van der Waals surface area (Å²) in [6.07, 6.45) is 1.68. The summed E-state index contributed by atoms with van der Waals surface area (Å²) in [5.41, 5.74) is 0.782. The van der Waals surface area contributed by atoms with Gasteiger partial charge in [-0.05, 0) is 10.4 Å². The Labute approximate surface area is 118 Å². The van der Waals surface area contributed by atoms with E-state index in [1.807, 2.05) is 0 Å². The van der Waals surface area contributed by atoms with Crippen LogP contribution in [0.2, 0.25) is 0 Å². The minimum Gasteiger partial charge on any atom is -0.463 e. The number of aryl methyl sites for hydroxylation is 2. The van der Waals surface area contributed by atoms with Gasteiger partial charge in [0.05, 0.1) is 7.57 Å². The number of hydrogen-bond acceptors (Lipinski definition) is 7. The predicted octanol–water partition coefficient (Wildman–Crippen LogP) is -0.265. The van der Waals surface area contributed by atoms with Crippen molar-refractivity contribution in [3.8, 4) is 10.9 Å². The predicted molar refractivity (Wildman–Crippen MR) is 69.8 cm³/mol. The van der Waals surface area contributed by atoms with Crippen molar-refractivity contribution in [3.63, 3.8) is 0 Å². The number of rotatable bonds is 4. The zero-order valence-electron chi connectivity index (χ0n) is 11.7. The fraction of sp³-hybridized carbons (Fsp3) is 0.300. The molecule has 0 saturated carbocycles. The highest BCUT2D eigenvalue weighted by Crippen LogP contribution is 2.17. The van der Waals surface area contributed by atoms with Crippen molar-refractivity contribution in [3.05, 3.63) is 33.9 Å². The van der Waals surface area contributed by atoms with E-state index in [-0.39, 0.29) is 18.5 Å². The zero-order valence-corrected chi connectivity index (χ0v) is 11.5. The molecule has 0 bridgehead atoms. The molecule has 0 saturated heterocycles. The molecule has 3 heterocycles. The van der Waals surface area contributed by atoms with Gasteiger partial charge in [-0.15, -0.1) is 0 Å². The number of hydrogen-bond donors (Lipinski definition) is 0. The van der Waals surface area contributed by atoms with Crippen LogP contribution in [0.4, 0.5) is 0 Å². The molecule has 0 atom stereocenters. The van der Waals surface area contributed by atoms with E-state index in [1.165, 1.54) is 24.6 Å². The van der Waals surface area contributed by atoms with Gasteiger partial charge < -0.3 is 4.74 Å². The molecule has 104 valence electrons. The maximum atomic E-state index is 11.9. The average molecular weight is 295 g/mol. The van der Waals surface area contributed by atoms with Gasteiger partial charge >= 0.3 is 5.69 Å². The van der Waals surface area contributed by atoms with Crippen molar-refractivity contribution in [2.75, 3.05) is 0 Å². The molecule has 3 aromatic heterocycles. The summed E-state index contributed by atoms with van der Waals surface area (Å²) in [6.45, 7) is 0.155. The standard InChI is InChI=1S/C10H11N7O2S/c1-15-8(6-19-9-11-3-4-20-9)7(5-12-15)17-10(18)16(2)13-14-17/h3-5H,6H2,1-2H3/i3T. The minimum atomic E-state index is -0.369. The van der Waals surface area contributed by atoms with E-state index in [0.29, 0.717) is 16.6 Å². The summed E-state index contributed by atoms with van der Waals surface area (Å²) in [4.78, 5) is 15.8. The van der Waals surface area contributed by atoms with Crippen LogP contribution in [0.3, 0.4) is 0 Å². The van der Waals surface area contributed by atoms with Gasteiger partial charge in [0.2, 0.25) is 0 Å². The van der Waals surface area contributed by atoms with Crippen LogP contribution >= 0.6 is 11.3 Å². The third-order valence-corrected chi connectivity index (χ3v) is 3.32. The molecule has 3 rings (SSSR count). The molecule has 0 N–H and O–H groups in total. The second-order valence-electron chi connectivity index (χ2n) is 3.93. The Morgan fingerprint density at radius 3 is 2.90 bits per heavy atom. The molecule has 0 aliphatic heterocycles. The molecular weight excluding hydrogens is 282 g/mol. The van der Waals surface area contributed by atoms with Crippen molar-refractivity contribution >= 4 is 11.3 Å². The van der Waals surface area contributed by atoms with Crippen LogP contribution in [0, 0.1) is 0 Å². The van der Waals surface area contributed by atoms with Crippen molar-refractivity contribution in [2.24, 2.45) is 14.1 Å². The van der Waals surface area contributed by atoms with Gasteiger partial charge in [0, 0.05) is 25.6 Å². The molecular formula is C10H11N7O2S. The van der Waals surface area contributed by atoms with E-state index in [9.17, 15) is 4.79 Å². The topological polar surface area (TPSA) is 92.6 Å². The lowest BCUT2D eigenvalue weighted by Gasteiger charge is -2.05. The van der Waals surface area contributed by atoms with Gasteiger partial charge in [-0.25, -0.2) is 9.78 Å². The van der Waals surface area contributed by atoms with E-state index in [1.54, 1.807) is 17.1 Å². The molecule has 0 fully saturated rings. The lowest BCUT2D eigenvalue weighted by Crippen LogP contribution is -2.23.